The zero-order chi connectivity index (χ0) is 18.9. The summed E-state index contributed by atoms with van der Waals surface area (Å²) in [6.45, 7) is 0. The maximum atomic E-state index is 11.9. The van der Waals surface area contributed by atoms with Gasteiger partial charge in [0.2, 0.25) is 11.8 Å². The Morgan fingerprint density at radius 2 is 1.77 bits per heavy atom. The smallest absolute Gasteiger partial charge is 0.240 e. The summed E-state index contributed by atoms with van der Waals surface area (Å²) in [5.74, 6) is -0.743. The number of nitriles is 1. The van der Waals surface area contributed by atoms with Crippen molar-refractivity contribution in [3.63, 3.8) is 0 Å². The molecule has 2 aromatic rings. The highest BCUT2D eigenvalue weighted by Crippen LogP contribution is 2.25. The van der Waals surface area contributed by atoms with E-state index < -0.39 is 5.91 Å². The number of rotatable bonds is 6. The van der Waals surface area contributed by atoms with Crippen LogP contribution in [0.1, 0.15) is 24.0 Å². The van der Waals surface area contributed by atoms with Gasteiger partial charge < -0.3 is 5.32 Å². The maximum Gasteiger partial charge on any atom is 0.240 e. The molecule has 0 aliphatic heterocycles. The molecule has 0 heterocycles. The first kappa shape index (κ1) is 19.4. The van der Waals surface area contributed by atoms with Gasteiger partial charge in [0.05, 0.1) is 28.6 Å². The number of carbonyl (C=O) groups excluding carboxylic acids is 2. The van der Waals surface area contributed by atoms with Gasteiger partial charge in [0, 0.05) is 17.9 Å². The molecule has 8 heteroatoms. The number of nitrogens with zero attached hydrogens (tertiary/aromatic N) is 2. The Hall–Kier alpha value is -2.88. The van der Waals surface area contributed by atoms with Gasteiger partial charge in [-0.3, -0.25) is 9.59 Å². The number of anilines is 1. The molecule has 26 heavy (non-hydrogen) atoms. The molecular formula is C18H14Cl2N4O2. The zero-order valence-electron chi connectivity index (χ0n) is 13.5. The maximum absolute atomic E-state index is 11.9. The molecule has 0 aliphatic rings. The van der Waals surface area contributed by atoms with Crippen molar-refractivity contribution in [3.05, 3.63) is 63.6 Å². The van der Waals surface area contributed by atoms with Gasteiger partial charge in [-0.2, -0.15) is 10.4 Å². The number of amides is 2. The first-order chi connectivity index (χ1) is 12.5. The summed E-state index contributed by atoms with van der Waals surface area (Å²) < 4.78 is 0. The molecule has 0 aliphatic carbocycles. The number of hydrazone groups is 1. The minimum Gasteiger partial charge on any atom is -0.325 e. The van der Waals surface area contributed by atoms with Gasteiger partial charge in [-0.1, -0.05) is 35.3 Å². The van der Waals surface area contributed by atoms with Gasteiger partial charge in [-0.15, -0.1) is 0 Å². The van der Waals surface area contributed by atoms with Crippen molar-refractivity contribution in [3.8, 4) is 6.07 Å². The molecule has 0 atom stereocenters. The van der Waals surface area contributed by atoms with Crippen LogP contribution in [0.4, 0.5) is 5.69 Å². The lowest BCUT2D eigenvalue weighted by atomic mass is 10.2. The summed E-state index contributed by atoms with van der Waals surface area (Å²) in [6, 6.07) is 13.4. The lowest BCUT2D eigenvalue weighted by Crippen LogP contribution is -2.20. The number of halogens is 2. The lowest BCUT2D eigenvalue weighted by molar-refractivity contribution is -0.124. The fourth-order valence-electron chi connectivity index (χ4n) is 1.91. The van der Waals surface area contributed by atoms with Crippen LogP contribution in [0.25, 0.3) is 0 Å². The van der Waals surface area contributed by atoms with Crippen LogP contribution in [0.3, 0.4) is 0 Å². The van der Waals surface area contributed by atoms with Crippen molar-refractivity contribution in [2.75, 3.05) is 5.32 Å². The Labute approximate surface area is 160 Å². The molecule has 0 saturated heterocycles. The average molecular weight is 389 g/mol. The molecule has 0 radical (unpaired) electrons. The Morgan fingerprint density at radius 3 is 2.42 bits per heavy atom. The molecule has 132 valence electrons. The van der Waals surface area contributed by atoms with E-state index in [0.717, 1.165) is 5.56 Å². The predicted octanol–water partition coefficient (Wildman–Crippen LogP) is 3.73. The van der Waals surface area contributed by atoms with E-state index >= 15 is 0 Å². The summed E-state index contributed by atoms with van der Waals surface area (Å²) in [5, 5.41) is 15.9. The lowest BCUT2D eigenvalue weighted by Gasteiger charge is -2.07. The Balaban J connectivity index is 1.76. The highest BCUT2D eigenvalue weighted by molar-refractivity contribution is 6.36. The third kappa shape index (κ3) is 6.20. The Kier molecular flexibility index (Phi) is 7.15. The molecule has 0 saturated carbocycles. The minimum atomic E-state index is -0.396. The van der Waals surface area contributed by atoms with E-state index in [1.165, 1.54) is 12.3 Å². The zero-order valence-corrected chi connectivity index (χ0v) is 15.0. The first-order valence-electron chi connectivity index (χ1n) is 7.55. The standard InChI is InChI=1S/C18H14Cl2N4O2/c19-14-5-6-16(15(20)9-14)23-17(25)7-8-18(26)24-22-11-13-3-1-12(10-21)2-4-13/h1-6,9,11H,7-8H2,(H,23,25)(H,24,26)/b22-11-. The molecule has 2 amide bonds. The third-order valence-corrected chi connectivity index (χ3v) is 3.77. The predicted molar refractivity (Wildman–Crippen MR) is 101 cm³/mol. The highest BCUT2D eigenvalue weighted by atomic mass is 35.5. The van der Waals surface area contributed by atoms with Crippen LogP contribution >= 0.6 is 23.2 Å². The van der Waals surface area contributed by atoms with E-state index in [0.29, 0.717) is 21.3 Å². The van der Waals surface area contributed by atoms with Crippen molar-refractivity contribution in [2.45, 2.75) is 12.8 Å². The minimum absolute atomic E-state index is 0.0167. The van der Waals surface area contributed by atoms with E-state index in [-0.39, 0.29) is 18.7 Å². The van der Waals surface area contributed by atoms with Gasteiger partial charge >= 0.3 is 0 Å². The van der Waals surface area contributed by atoms with Gasteiger partial charge in [0.25, 0.3) is 0 Å². The summed E-state index contributed by atoms with van der Waals surface area (Å²) >= 11 is 11.8. The molecule has 2 aromatic carbocycles. The molecule has 0 aromatic heterocycles. The van der Waals surface area contributed by atoms with Crippen LogP contribution in [0.15, 0.2) is 47.6 Å². The second-order valence-corrected chi connectivity index (χ2v) is 6.04. The molecule has 6 nitrogen and oxygen atoms in total. The molecule has 0 spiro atoms. The van der Waals surface area contributed by atoms with Gasteiger partial charge in [-0.05, 0) is 35.9 Å². The van der Waals surface area contributed by atoms with Crippen LogP contribution < -0.4 is 10.7 Å². The second-order valence-electron chi connectivity index (χ2n) is 5.20. The molecule has 0 unspecified atom stereocenters. The second kappa shape index (κ2) is 9.56. The van der Waals surface area contributed by atoms with Crippen molar-refractivity contribution in [2.24, 2.45) is 5.10 Å². The molecule has 0 bridgehead atoms. The van der Waals surface area contributed by atoms with Crippen LogP contribution in [-0.2, 0) is 9.59 Å². The van der Waals surface area contributed by atoms with E-state index in [1.807, 2.05) is 6.07 Å². The van der Waals surface area contributed by atoms with Crippen molar-refractivity contribution in [1.29, 1.82) is 5.26 Å². The van der Waals surface area contributed by atoms with Crippen molar-refractivity contribution in [1.82, 2.24) is 5.43 Å². The molecular weight excluding hydrogens is 375 g/mol. The van der Waals surface area contributed by atoms with Crippen LogP contribution in [-0.4, -0.2) is 18.0 Å². The van der Waals surface area contributed by atoms with E-state index in [4.69, 9.17) is 28.5 Å². The average Bonchev–Trinajstić information content (AvgIpc) is 2.63. The summed E-state index contributed by atoms with van der Waals surface area (Å²) in [6.07, 6.45) is 1.41. The molecule has 2 rings (SSSR count). The SMILES string of the molecule is N#Cc1ccc(/C=N\NC(=O)CCC(=O)Nc2ccc(Cl)cc2Cl)cc1. The highest BCUT2D eigenvalue weighted by Gasteiger charge is 2.09. The quantitative estimate of drug-likeness (QED) is 0.582. The number of hydrogen-bond donors (Lipinski definition) is 2. The number of benzene rings is 2. The molecule has 2 N–H and O–H groups in total. The summed E-state index contributed by atoms with van der Waals surface area (Å²) in [5.41, 5.74) is 4.05. The van der Waals surface area contributed by atoms with Gasteiger partial charge in [0.15, 0.2) is 0 Å². The van der Waals surface area contributed by atoms with Crippen molar-refractivity contribution >= 4 is 46.9 Å². The summed E-state index contributed by atoms with van der Waals surface area (Å²) in [7, 11) is 0. The fourth-order valence-corrected chi connectivity index (χ4v) is 2.36. The largest absolute Gasteiger partial charge is 0.325 e. The van der Waals surface area contributed by atoms with Gasteiger partial charge in [0.1, 0.15) is 0 Å². The number of hydrogen-bond acceptors (Lipinski definition) is 4. The van der Waals surface area contributed by atoms with Crippen LogP contribution in [0, 0.1) is 11.3 Å². The van der Waals surface area contributed by atoms with E-state index in [1.54, 1.807) is 36.4 Å². The van der Waals surface area contributed by atoms with E-state index in [9.17, 15) is 9.59 Å². The Morgan fingerprint density at radius 1 is 1.08 bits per heavy atom. The van der Waals surface area contributed by atoms with E-state index in [2.05, 4.69) is 15.8 Å². The normalized spacial score (nSPS) is 10.3. The topological polar surface area (TPSA) is 94.3 Å². The van der Waals surface area contributed by atoms with Crippen molar-refractivity contribution < 1.29 is 9.59 Å². The number of nitrogens with one attached hydrogen (secondary N) is 2. The summed E-state index contributed by atoms with van der Waals surface area (Å²) in [4.78, 5) is 23.6. The van der Waals surface area contributed by atoms with Crippen LogP contribution in [0.2, 0.25) is 10.0 Å². The fraction of sp³-hybridized carbons (Fsp3) is 0.111. The van der Waals surface area contributed by atoms with Gasteiger partial charge in [-0.25, -0.2) is 5.43 Å². The number of carbonyl (C=O) groups is 2. The first-order valence-corrected chi connectivity index (χ1v) is 8.30. The Bertz CT molecular complexity index is 874. The molecule has 0 fully saturated rings. The van der Waals surface area contributed by atoms with Crippen LogP contribution in [0.5, 0.6) is 0 Å². The monoisotopic (exact) mass is 388 g/mol. The third-order valence-electron chi connectivity index (χ3n) is 3.23.